The Morgan fingerprint density at radius 3 is 2.62 bits per heavy atom. The average molecular weight is 567 g/mol. The zero-order chi connectivity index (χ0) is 29.4. The van der Waals surface area contributed by atoms with Crippen LogP contribution < -0.4 is 5.32 Å². The fourth-order valence-corrected chi connectivity index (χ4v) is 5.15. The molecule has 11 nitrogen and oxygen atoms in total. The van der Waals surface area contributed by atoms with Crippen LogP contribution in [0, 0.1) is 13.8 Å². The number of aryl methyl sites for hydroxylation is 2. The molecule has 0 aliphatic carbocycles. The minimum Gasteiger partial charge on any atom is -0.444 e. The van der Waals surface area contributed by atoms with Crippen LogP contribution in [0.5, 0.6) is 0 Å². The third-order valence-electron chi connectivity index (χ3n) is 7.07. The molecular formula is C31H34N8O3. The maximum Gasteiger partial charge on any atom is 0.410 e. The molecular weight excluding hydrogens is 532 g/mol. The van der Waals surface area contributed by atoms with Crippen LogP contribution in [0.2, 0.25) is 0 Å². The summed E-state index contributed by atoms with van der Waals surface area (Å²) in [5, 5.41) is 8.31. The van der Waals surface area contributed by atoms with E-state index in [-0.39, 0.29) is 12.1 Å². The van der Waals surface area contributed by atoms with E-state index in [1.54, 1.807) is 11.8 Å². The van der Waals surface area contributed by atoms with Crippen molar-refractivity contribution in [2.45, 2.75) is 59.1 Å². The van der Waals surface area contributed by atoms with Crippen molar-refractivity contribution >= 4 is 23.1 Å². The number of ether oxygens (including phenoxy) is 1. The molecule has 1 atom stereocenters. The molecule has 1 aliphatic heterocycles. The first-order valence-electron chi connectivity index (χ1n) is 14.1. The molecule has 1 N–H and O–H groups in total. The summed E-state index contributed by atoms with van der Waals surface area (Å²) in [4.78, 5) is 33.3. The van der Waals surface area contributed by atoms with Crippen LogP contribution in [0.15, 0.2) is 59.4 Å². The van der Waals surface area contributed by atoms with Crippen molar-refractivity contribution in [1.29, 1.82) is 0 Å². The first-order valence-corrected chi connectivity index (χ1v) is 14.1. The Bertz CT molecular complexity index is 1740. The van der Waals surface area contributed by atoms with Crippen molar-refractivity contribution in [2.75, 3.05) is 18.4 Å². The van der Waals surface area contributed by atoms with E-state index in [9.17, 15) is 4.79 Å². The summed E-state index contributed by atoms with van der Waals surface area (Å²) in [5.74, 6) is 1.43. The van der Waals surface area contributed by atoms with E-state index in [1.807, 2.05) is 80.9 Å². The zero-order valence-corrected chi connectivity index (χ0v) is 24.5. The van der Waals surface area contributed by atoms with Gasteiger partial charge in [0.1, 0.15) is 16.9 Å². The fourth-order valence-electron chi connectivity index (χ4n) is 5.15. The lowest BCUT2D eigenvalue weighted by Gasteiger charge is -2.34. The van der Waals surface area contributed by atoms with Crippen molar-refractivity contribution in [3.8, 4) is 28.5 Å². The van der Waals surface area contributed by atoms with Gasteiger partial charge in [0.2, 0.25) is 5.95 Å². The molecule has 1 aliphatic rings. The number of nitrogens with zero attached hydrogens (tertiary/aromatic N) is 7. The van der Waals surface area contributed by atoms with Crippen molar-refractivity contribution in [1.82, 2.24) is 34.6 Å². The van der Waals surface area contributed by atoms with Gasteiger partial charge in [0, 0.05) is 48.2 Å². The van der Waals surface area contributed by atoms with Crippen LogP contribution in [0.3, 0.4) is 0 Å². The highest BCUT2D eigenvalue weighted by Gasteiger charge is 2.28. The predicted molar refractivity (Wildman–Crippen MR) is 159 cm³/mol. The number of aromatic nitrogens is 6. The van der Waals surface area contributed by atoms with E-state index in [4.69, 9.17) is 19.2 Å². The third-order valence-corrected chi connectivity index (χ3v) is 7.07. The second-order valence-electron chi connectivity index (χ2n) is 11.6. The van der Waals surface area contributed by atoms with Crippen molar-refractivity contribution in [3.05, 3.63) is 66.2 Å². The second-order valence-corrected chi connectivity index (χ2v) is 11.6. The molecule has 1 fully saturated rings. The van der Waals surface area contributed by atoms with Gasteiger partial charge < -0.3 is 24.0 Å². The summed E-state index contributed by atoms with van der Waals surface area (Å²) in [6.07, 6.45) is 5.36. The highest BCUT2D eigenvalue weighted by Crippen LogP contribution is 2.34. The highest BCUT2D eigenvalue weighted by molar-refractivity contribution is 5.95. The number of rotatable bonds is 5. The van der Waals surface area contributed by atoms with Crippen LogP contribution in [-0.2, 0) is 4.74 Å². The van der Waals surface area contributed by atoms with Gasteiger partial charge in [-0.15, -0.1) is 0 Å². The topological polar surface area (TPSA) is 124 Å². The Hall–Kier alpha value is -4.80. The summed E-state index contributed by atoms with van der Waals surface area (Å²) in [5.41, 5.74) is 4.44. The standard InChI is InChI=1S/C31H34N8O3/c1-19-16-32-29(34-21-10-9-15-38(17-21)30(40)41-31(3,4)5)36-26(19)24-18-39(22-11-7-6-8-12-22)27-23(24)13-14-25(35-27)28-33-20(2)37-42-28/h6-8,11-14,16,18,21H,9-10,15,17H2,1-5H3,(H,32,34,36)/t21-/m0/s1. The number of nitrogens with one attached hydrogen (secondary N) is 1. The quantitative estimate of drug-likeness (QED) is 0.274. The Morgan fingerprint density at radius 1 is 1.07 bits per heavy atom. The second kappa shape index (κ2) is 10.9. The Labute approximate surface area is 244 Å². The molecule has 1 aromatic carbocycles. The number of likely N-dealkylation sites (tertiary alicyclic amines) is 1. The van der Waals surface area contributed by atoms with Gasteiger partial charge in [0.15, 0.2) is 5.82 Å². The van der Waals surface area contributed by atoms with Gasteiger partial charge in [0.05, 0.1) is 5.69 Å². The van der Waals surface area contributed by atoms with Crippen LogP contribution in [0.25, 0.3) is 39.6 Å². The van der Waals surface area contributed by atoms with E-state index in [2.05, 4.69) is 26.6 Å². The van der Waals surface area contributed by atoms with Crippen LogP contribution >= 0.6 is 0 Å². The Balaban J connectivity index is 1.34. The van der Waals surface area contributed by atoms with Gasteiger partial charge in [-0.1, -0.05) is 23.4 Å². The lowest BCUT2D eigenvalue weighted by molar-refractivity contribution is 0.0206. The summed E-state index contributed by atoms with van der Waals surface area (Å²) in [7, 11) is 0. The number of anilines is 1. The van der Waals surface area contributed by atoms with E-state index in [1.165, 1.54) is 0 Å². The molecule has 0 bridgehead atoms. The Morgan fingerprint density at radius 2 is 1.88 bits per heavy atom. The van der Waals surface area contributed by atoms with Gasteiger partial charge in [-0.05, 0) is 77.3 Å². The van der Waals surface area contributed by atoms with E-state index in [0.29, 0.717) is 36.4 Å². The molecule has 0 unspecified atom stereocenters. The van der Waals surface area contributed by atoms with Crippen molar-refractivity contribution in [3.63, 3.8) is 0 Å². The first-order chi connectivity index (χ1) is 20.1. The molecule has 0 radical (unpaired) electrons. The number of fused-ring (bicyclic) bond motifs is 1. The number of carbonyl (C=O) groups is 1. The molecule has 216 valence electrons. The Kier molecular flexibility index (Phi) is 7.09. The molecule has 42 heavy (non-hydrogen) atoms. The first kappa shape index (κ1) is 27.4. The van der Waals surface area contributed by atoms with Crippen LogP contribution in [0.1, 0.15) is 45.0 Å². The van der Waals surface area contributed by atoms with Crippen molar-refractivity contribution in [2.24, 2.45) is 0 Å². The molecule has 5 aromatic rings. The zero-order valence-electron chi connectivity index (χ0n) is 24.5. The number of piperidine rings is 1. The monoisotopic (exact) mass is 566 g/mol. The minimum atomic E-state index is -0.536. The predicted octanol–water partition coefficient (Wildman–Crippen LogP) is 5.96. The fraction of sp³-hybridized carbons (Fsp3) is 0.355. The normalized spacial score (nSPS) is 15.6. The van der Waals surface area contributed by atoms with E-state index >= 15 is 0 Å². The number of amides is 1. The van der Waals surface area contributed by atoms with Gasteiger partial charge >= 0.3 is 6.09 Å². The average Bonchev–Trinajstić information content (AvgIpc) is 3.57. The summed E-state index contributed by atoms with van der Waals surface area (Å²) in [6.45, 7) is 10.6. The molecule has 5 heterocycles. The number of benzene rings is 1. The van der Waals surface area contributed by atoms with Crippen LogP contribution in [-0.4, -0.2) is 65.4 Å². The van der Waals surface area contributed by atoms with Crippen LogP contribution in [0.4, 0.5) is 10.7 Å². The molecule has 0 spiro atoms. The largest absolute Gasteiger partial charge is 0.444 e. The molecule has 6 rings (SSSR count). The van der Waals surface area contributed by atoms with Crippen molar-refractivity contribution < 1.29 is 14.1 Å². The minimum absolute atomic E-state index is 0.00886. The molecule has 1 amide bonds. The molecule has 4 aromatic heterocycles. The molecule has 1 saturated heterocycles. The maximum absolute atomic E-state index is 12.7. The van der Waals surface area contributed by atoms with Gasteiger partial charge in [0.25, 0.3) is 5.89 Å². The van der Waals surface area contributed by atoms with Gasteiger partial charge in [-0.2, -0.15) is 4.98 Å². The lowest BCUT2D eigenvalue weighted by Crippen LogP contribution is -2.47. The number of pyridine rings is 1. The molecule has 0 saturated carbocycles. The summed E-state index contributed by atoms with van der Waals surface area (Å²) >= 11 is 0. The number of hydrogen-bond acceptors (Lipinski definition) is 9. The van der Waals surface area contributed by atoms with E-state index in [0.717, 1.165) is 46.4 Å². The van der Waals surface area contributed by atoms with Gasteiger partial charge in [-0.25, -0.2) is 19.7 Å². The summed E-state index contributed by atoms with van der Waals surface area (Å²) in [6, 6.07) is 14.0. The summed E-state index contributed by atoms with van der Waals surface area (Å²) < 4.78 is 13.0. The third kappa shape index (κ3) is 5.67. The smallest absolute Gasteiger partial charge is 0.410 e. The SMILES string of the molecule is Cc1noc(-c2ccc3c(-c4nc(N[C@H]5CCCN(C(=O)OC(C)(C)C)C5)ncc4C)cn(-c4ccccc4)c3n2)n1. The van der Waals surface area contributed by atoms with E-state index < -0.39 is 5.60 Å². The number of para-hydroxylation sites is 1. The number of carbonyl (C=O) groups excluding carboxylic acids is 1. The molecule has 11 heteroatoms. The lowest BCUT2D eigenvalue weighted by atomic mass is 10.1. The maximum atomic E-state index is 12.7. The number of hydrogen-bond donors (Lipinski definition) is 1. The van der Waals surface area contributed by atoms with Gasteiger partial charge in [-0.3, -0.25) is 0 Å². The highest BCUT2D eigenvalue weighted by atomic mass is 16.6.